The summed E-state index contributed by atoms with van der Waals surface area (Å²) in [5.74, 6) is -0.734. The second-order valence-electron chi connectivity index (χ2n) is 4.64. The third-order valence-electron chi connectivity index (χ3n) is 3.42. The molecule has 0 saturated carbocycles. The van der Waals surface area contributed by atoms with Gasteiger partial charge in [-0.2, -0.15) is 0 Å². The van der Waals surface area contributed by atoms with E-state index in [-0.39, 0.29) is 0 Å². The summed E-state index contributed by atoms with van der Waals surface area (Å²) in [7, 11) is 1.67. The van der Waals surface area contributed by atoms with Crippen LogP contribution in [-0.2, 0) is 22.5 Å². The van der Waals surface area contributed by atoms with Gasteiger partial charge in [-0.25, -0.2) is 0 Å². The van der Waals surface area contributed by atoms with E-state index in [9.17, 15) is 9.90 Å². The fraction of sp³-hybridized carbons (Fsp3) is 0.500. The molecule has 0 saturated heterocycles. The van der Waals surface area contributed by atoms with Gasteiger partial charge in [0.1, 0.15) is 6.04 Å². The number of methoxy groups -OCH3 is 1. The van der Waals surface area contributed by atoms with E-state index >= 15 is 0 Å². The van der Waals surface area contributed by atoms with Crippen LogP contribution in [0.4, 0.5) is 0 Å². The predicted octanol–water partition coefficient (Wildman–Crippen LogP) is 1.53. The molecule has 4 nitrogen and oxygen atoms in total. The van der Waals surface area contributed by atoms with Crippen LogP contribution in [0.2, 0.25) is 0 Å². The molecule has 2 rings (SSSR count). The molecule has 1 N–H and O–H groups in total. The molecule has 18 heavy (non-hydrogen) atoms. The van der Waals surface area contributed by atoms with Crippen LogP contribution in [0.15, 0.2) is 24.3 Å². The third-order valence-corrected chi connectivity index (χ3v) is 3.42. The van der Waals surface area contributed by atoms with Crippen LogP contribution < -0.4 is 0 Å². The number of benzene rings is 1. The number of hydrogen-bond donors (Lipinski definition) is 1. The monoisotopic (exact) mass is 249 g/mol. The Kier molecular flexibility index (Phi) is 4.33. The molecule has 1 aromatic rings. The molecular weight excluding hydrogens is 230 g/mol. The average Bonchev–Trinajstić information content (AvgIpc) is 2.38. The van der Waals surface area contributed by atoms with E-state index in [2.05, 4.69) is 6.07 Å². The van der Waals surface area contributed by atoms with E-state index in [0.29, 0.717) is 13.0 Å². The summed E-state index contributed by atoms with van der Waals surface area (Å²) >= 11 is 0. The fourth-order valence-electron chi connectivity index (χ4n) is 2.47. The molecule has 0 aromatic heterocycles. The van der Waals surface area contributed by atoms with Gasteiger partial charge in [0, 0.05) is 26.8 Å². The maximum absolute atomic E-state index is 11.3. The molecule has 0 fully saturated rings. The van der Waals surface area contributed by atoms with E-state index < -0.39 is 12.0 Å². The molecule has 1 heterocycles. The zero-order valence-corrected chi connectivity index (χ0v) is 10.6. The summed E-state index contributed by atoms with van der Waals surface area (Å²) in [5.41, 5.74) is 2.40. The van der Waals surface area contributed by atoms with Gasteiger partial charge in [0.15, 0.2) is 0 Å². The van der Waals surface area contributed by atoms with E-state index in [4.69, 9.17) is 4.74 Å². The van der Waals surface area contributed by atoms with Crippen molar-refractivity contribution in [2.75, 3.05) is 20.3 Å². The minimum atomic E-state index is -0.734. The summed E-state index contributed by atoms with van der Waals surface area (Å²) in [6, 6.07) is 7.68. The van der Waals surface area contributed by atoms with E-state index in [1.165, 1.54) is 5.56 Å². The lowest BCUT2D eigenvalue weighted by atomic mass is 9.94. The smallest absolute Gasteiger partial charge is 0.321 e. The first-order chi connectivity index (χ1) is 8.72. The van der Waals surface area contributed by atoms with Crippen molar-refractivity contribution in [1.29, 1.82) is 0 Å². The van der Waals surface area contributed by atoms with Crippen molar-refractivity contribution in [3.8, 4) is 0 Å². The van der Waals surface area contributed by atoms with Gasteiger partial charge in [0.05, 0.1) is 0 Å². The molecule has 0 radical (unpaired) electrons. The number of carboxylic acids is 1. The maximum atomic E-state index is 11.3. The predicted molar refractivity (Wildman–Crippen MR) is 68.5 cm³/mol. The molecule has 0 amide bonds. The largest absolute Gasteiger partial charge is 0.480 e. The molecule has 0 unspecified atom stereocenters. The molecule has 0 bridgehead atoms. The summed E-state index contributed by atoms with van der Waals surface area (Å²) in [6.45, 7) is 2.15. The average molecular weight is 249 g/mol. The van der Waals surface area contributed by atoms with Crippen LogP contribution in [0.5, 0.6) is 0 Å². The number of fused-ring (bicyclic) bond motifs is 1. The highest BCUT2D eigenvalue weighted by Crippen LogP contribution is 2.23. The SMILES string of the molecule is COCCCN1Cc2ccccc2C[C@H]1C(=O)O. The summed E-state index contributed by atoms with van der Waals surface area (Å²) in [6.07, 6.45) is 1.46. The second-order valence-corrected chi connectivity index (χ2v) is 4.64. The van der Waals surface area contributed by atoms with Gasteiger partial charge >= 0.3 is 5.97 Å². The zero-order valence-electron chi connectivity index (χ0n) is 10.6. The van der Waals surface area contributed by atoms with E-state index in [1.807, 2.05) is 23.1 Å². The van der Waals surface area contributed by atoms with E-state index in [1.54, 1.807) is 7.11 Å². The highest BCUT2D eigenvalue weighted by molar-refractivity contribution is 5.74. The highest BCUT2D eigenvalue weighted by atomic mass is 16.5. The Morgan fingerprint density at radius 1 is 1.44 bits per heavy atom. The van der Waals surface area contributed by atoms with Crippen molar-refractivity contribution >= 4 is 5.97 Å². The minimum Gasteiger partial charge on any atom is -0.480 e. The van der Waals surface area contributed by atoms with Crippen molar-refractivity contribution < 1.29 is 14.6 Å². The summed E-state index contributed by atoms with van der Waals surface area (Å²) in [5, 5.41) is 9.32. The number of carboxylic acid groups (broad SMARTS) is 1. The topological polar surface area (TPSA) is 49.8 Å². The Balaban J connectivity index is 2.10. The number of carbonyl (C=O) groups is 1. The lowest BCUT2D eigenvalue weighted by molar-refractivity contribution is -0.144. The van der Waals surface area contributed by atoms with Gasteiger partial charge in [-0.05, 0) is 24.0 Å². The van der Waals surface area contributed by atoms with Crippen molar-refractivity contribution in [2.24, 2.45) is 0 Å². The zero-order chi connectivity index (χ0) is 13.0. The molecule has 0 aliphatic carbocycles. The Morgan fingerprint density at radius 3 is 2.83 bits per heavy atom. The second kappa shape index (κ2) is 5.98. The van der Waals surface area contributed by atoms with Crippen LogP contribution in [0.25, 0.3) is 0 Å². The van der Waals surface area contributed by atoms with Gasteiger partial charge in [-0.15, -0.1) is 0 Å². The Bertz CT molecular complexity index is 419. The molecular formula is C14H19NO3. The first-order valence-corrected chi connectivity index (χ1v) is 6.25. The third kappa shape index (κ3) is 2.89. The standard InChI is InChI=1S/C14H19NO3/c1-18-8-4-7-15-10-12-6-3-2-5-11(12)9-13(15)14(16)17/h2-3,5-6,13H,4,7-10H2,1H3,(H,16,17)/t13-/m0/s1. The van der Waals surface area contributed by atoms with Crippen LogP contribution in [0.1, 0.15) is 17.5 Å². The lowest BCUT2D eigenvalue weighted by Gasteiger charge is -2.34. The molecule has 1 atom stereocenters. The van der Waals surface area contributed by atoms with Gasteiger partial charge < -0.3 is 9.84 Å². The molecule has 4 heteroatoms. The number of nitrogens with zero attached hydrogens (tertiary/aromatic N) is 1. The molecule has 1 aliphatic heterocycles. The molecule has 0 spiro atoms. The first-order valence-electron chi connectivity index (χ1n) is 6.25. The fourth-order valence-corrected chi connectivity index (χ4v) is 2.47. The van der Waals surface area contributed by atoms with Gasteiger partial charge in [0.2, 0.25) is 0 Å². The number of hydrogen-bond acceptors (Lipinski definition) is 3. The van der Waals surface area contributed by atoms with Crippen molar-refractivity contribution in [2.45, 2.75) is 25.4 Å². The number of ether oxygens (including phenoxy) is 1. The number of aliphatic carboxylic acids is 1. The van der Waals surface area contributed by atoms with Crippen LogP contribution >= 0.6 is 0 Å². The Labute approximate surface area is 107 Å². The van der Waals surface area contributed by atoms with Gasteiger partial charge in [0.25, 0.3) is 0 Å². The lowest BCUT2D eigenvalue weighted by Crippen LogP contribution is -2.46. The van der Waals surface area contributed by atoms with E-state index in [0.717, 1.165) is 25.1 Å². The quantitative estimate of drug-likeness (QED) is 0.804. The van der Waals surface area contributed by atoms with Crippen LogP contribution in [0, 0.1) is 0 Å². The maximum Gasteiger partial charge on any atom is 0.321 e. The summed E-state index contributed by atoms with van der Waals surface area (Å²) < 4.78 is 5.02. The normalized spacial score (nSPS) is 19.5. The van der Waals surface area contributed by atoms with Crippen molar-refractivity contribution in [3.63, 3.8) is 0 Å². The minimum absolute atomic E-state index is 0.406. The Hall–Kier alpha value is -1.39. The molecule has 1 aliphatic rings. The molecule has 98 valence electrons. The van der Waals surface area contributed by atoms with Gasteiger partial charge in [-0.3, -0.25) is 9.69 Å². The Morgan fingerprint density at radius 2 is 2.17 bits per heavy atom. The first kappa shape index (κ1) is 13.1. The van der Waals surface area contributed by atoms with Crippen molar-refractivity contribution in [3.05, 3.63) is 35.4 Å². The highest BCUT2D eigenvalue weighted by Gasteiger charge is 2.30. The number of rotatable bonds is 5. The van der Waals surface area contributed by atoms with Crippen LogP contribution in [-0.4, -0.2) is 42.3 Å². The molecule has 1 aromatic carbocycles. The summed E-state index contributed by atoms with van der Waals surface area (Å²) in [4.78, 5) is 13.4. The van der Waals surface area contributed by atoms with Gasteiger partial charge in [-0.1, -0.05) is 24.3 Å². The van der Waals surface area contributed by atoms with Crippen LogP contribution in [0.3, 0.4) is 0 Å². The van der Waals surface area contributed by atoms with Crippen molar-refractivity contribution in [1.82, 2.24) is 4.90 Å².